The lowest BCUT2D eigenvalue weighted by Gasteiger charge is -2.15. The SMILES string of the molecule is Cc1cccc(C(N)c2ccc(C)cc2Br)c1. The summed E-state index contributed by atoms with van der Waals surface area (Å²) in [5.41, 5.74) is 11.1. The van der Waals surface area contributed by atoms with Crippen LogP contribution >= 0.6 is 15.9 Å². The van der Waals surface area contributed by atoms with Gasteiger partial charge in [0.1, 0.15) is 0 Å². The summed E-state index contributed by atoms with van der Waals surface area (Å²) >= 11 is 3.58. The third kappa shape index (κ3) is 2.76. The van der Waals surface area contributed by atoms with E-state index in [9.17, 15) is 0 Å². The van der Waals surface area contributed by atoms with Crippen molar-refractivity contribution in [1.82, 2.24) is 0 Å². The first-order valence-electron chi connectivity index (χ1n) is 5.66. The van der Waals surface area contributed by atoms with Crippen LogP contribution in [-0.4, -0.2) is 0 Å². The Morgan fingerprint density at radius 3 is 2.35 bits per heavy atom. The van der Waals surface area contributed by atoms with E-state index < -0.39 is 0 Å². The van der Waals surface area contributed by atoms with Gasteiger partial charge in [-0.25, -0.2) is 0 Å². The van der Waals surface area contributed by atoms with Gasteiger partial charge in [0.15, 0.2) is 0 Å². The van der Waals surface area contributed by atoms with Crippen molar-refractivity contribution in [1.29, 1.82) is 0 Å². The number of nitrogens with two attached hydrogens (primary N) is 1. The molecule has 0 amide bonds. The molecule has 0 aromatic heterocycles. The Hall–Kier alpha value is -1.12. The molecule has 0 spiro atoms. The largest absolute Gasteiger partial charge is 0.320 e. The summed E-state index contributed by atoms with van der Waals surface area (Å²) < 4.78 is 1.08. The smallest absolute Gasteiger partial charge is 0.0562 e. The van der Waals surface area contributed by atoms with E-state index in [2.05, 4.69) is 66.2 Å². The molecule has 2 aromatic rings. The predicted octanol–water partition coefficient (Wildman–Crippen LogP) is 4.11. The van der Waals surface area contributed by atoms with E-state index in [4.69, 9.17) is 5.73 Å². The van der Waals surface area contributed by atoms with E-state index in [0.717, 1.165) is 15.6 Å². The Balaban J connectivity index is 2.40. The van der Waals surface area contributed by atoms with Crippen LogP contribution in [0.3, 0.4) is 0 Å². The second kappa shape index (κ2) is 5.03. The van der Waals surface area contributed by atoms with Crippen molar-refractivity contribution in [3.63, 3.8) is 0 Å². The first-order valence-corrected chi connectivity index (χ1v) is 6.45. The lowest BCUT2D eigenvalue weighted by molar-refractivity contribution is 0.863. The zero-order valence-electron chi connectivity index (χ0n) is 10.1. The van der Waals surface area contributed by atoms with Crippen molar-refractivity contribution in [2.75, 3.05) is 0 Å². The fourth-order valence-electron chi connectivity index (χ4n) is 1.93. The fraction of sp³-hybridized carbons (Fsp3) is 0.200. The van der Waals surface area contributed by atoms with Gasteiger partial charge < -0.3 is 5.73 Å². The molecule has 1 unspecified atom stereocenters. The highest BCUT2D eigenvalue weighted by molar-refractivity contribution is 9.10. The van der Waals surface area contributed by atoms with Gasteiger partial charge in [0.05, 0.1) is 6.04 Å². The lowest BCUT2D eigenvalue weighted by Crippen LogP contribution is -2.12. The molecule has 1 atom stereocenters. The minimum absolute atomic E-state index is 0.0788. The summed E-state index contributed by atoms with van der Waals surface area (Å²) in [7, 11) is 0. The summed E-state index contributed by atoms with van der Waals surface area (Å²) in [6.45, 7) is 4.16. The van der Waals surface area contributed by atoms with Crippen molar-refractivity contribution in [2.24, 2.45) is 5.73 Å². The Labute approximate surface area is 111 Å². The highest BCUT2D eigenvalue weighted by Crippen LogP contribution is 2.27. The minimum Gasteiger partial charge on any atom is -0.320 e. The minimum atomic E-state index is -0.0788. The van der Waals surface area contributed by atoms with Gasteiger partial charge in [-0.1, -0.05) is 57.9 Å². The highest BCUT2D eigenvalue weighted by atomic mass is 79.9. The molecule has 2 heteroatoms. The highest BCUT2D eigenvalue weighted by Gasteiger charge is 2.12. The summed E-state index contributed by atoms with van der Waals surface area (Å²) in [4.78, 5) is 0. The van der Waals surface area contributed by atoms with Gasteiger partial charge in [-0.15, -0.1) is 0 Å². The number of hydrogen-bond donors (Lipinski definition) is 1. The second-order valence-electron chi connectivity index (χ2n) is 4.42. The van der Waals surface area contributed by atoms with Gasteiger partial charge in [-0.2, -0.15) is 0 Å². The second-order valence-corrected chi connectivity index (χ2v) is 5.27. The molecule has 2 rings (SSSR count). The molecule has 0 aliphatic rings. The quantitative estimate of drug-likeness (QED) is 0.884. The van der Waals surface area contributed by atoms with Gasteiger partial charge in [0, 0.05) is 4.47 Å². The van der Waals surface area contributed by atoms with E-state index in [1.54, 1.807) is 0 Å². The van der Waals surface area contributed by atoms with Crippen LogP contribution in [0.5, 0.6) is 0 Å². The van der Waals surface area contributed by atoms with E-state index in [1.165, 1.54) is 11.1 Å². The Kier molecular flexibility index (Phi) is 3.65. The molecule has 0 saturated heterocycles. The molecule has 88 valence electrons. The number of benzene rings is 2. The van der Waals surface area contributed by atoms with Gasteiger partial charge >= 0.3 is 0 Å². The summed E-state index contributed by atoms with van der Waals surface area (Å²) in [6, 6.07) is 14.5. The van der Waals surface area contributed by atoms with Crippen molar-refractivity contribution in [3.8, 4) is 0 Å². The van der Waals surface area contributed by atoms with Gasteiger partial charge in [0.25, 0.3) is 0 Å². The average molecular weight is 290 g/mol. The van der Waals surface area contributed by atoms with E-state index in [0.29, 0.717) is 0 Å². The van der Waals surface area contributed by atoms with E-state index in [1.807, 2.05) is 6.07 Å². The average Bonchev–Trinajstić information content (AvgIpc) is 2.28. The topological polar surface area (TPSA) is 26.0 Å². The molecule has 0 heterocycles. The number of halogens is 1. The fourth-order valence-corrected chi connectivity index (χ4v) is 2.67. The molecular formula is C15H16BrN. The number of rotatable bonds is 2. The Morgan fingerprint density at radius 1 is 1.00 bits per heavy atom. The summed E-state index contributed by atoms with van der Waals surface area (Å²) in [5.74, 6) is 0. The molecule has 0 radical (unpaired) electrons. The normalized spacial score (nSPS) is 12.5. The molecule has 0 aliphatic heterocycles. The lowest BCUT2D eigenvalue weighted by atomic mass is 9.97. The number of aryl methyl sites for hydroxylation is 2. The van der Waals surface area contributed by atoms with Crippen LogP contribution in [0.1, 0.15) is 28.3 Å². The van der Waals surface area contributed by atoms with Crippen LogP contribution in [0.15, 0.2) is 46.9 Å². The van der Waals surface area contributed by atoms with Crippen LogP contribution in [-0.2, 0) is 0 Å². The van der Waals surface area contributed by atoms with Gasteiger partial charge in [-0.05, 0) is 36.6 Å². The summed E-state index contributed by atoms with van der Waals surface area (Å²) in [5, 5.41) is 0. The van der Waals surface area contributed by atoms with E-state index in [-0.39, 0.29) is 6.04 Å². The van der Waals surface area contributed by atoms with Gasteiger partial charge in [0.2, 0.25) is 0 Å². The number of hydrogen-bond acceptors (Lipinski definition) is 1. The van der Waals surface area contributed by atoms with Crippen molar-refractivity contribution in [2.45, 2.75) is 19.9 Å². The van der Waals surface area contributed by atoms with Crippen molar-refractivity contribution >= 4 is 15.9 Å². The van der Waals surface area contributed by atoms with Crippen LogP contribution in [0.4, 0.5) is 0 Å². The summed E-state index contributed by atoms with van der Waals surface area (Å²) in [6.07, 6.45) is 0. The first-order chi connectivity index (χ1) is 8.08. The third-order valence-corrected chi connectivity index (χ3v) is 3.58. The molecule has 0 fully saturated rings. The van der Waals surface area contributed by atoms with Gasteiger partial charge in [-0.3, -0.25) is 0 Å². The predicted molar refractivity (Wildman–Crippen MR) is 76.1 cm³/mol. The first kappa shape index (κ1) is 12.3. The van der Waals surface area contributed by atoms with Crippen molar-refractivity contribution in [3.05, 3.63) is 69.2 Å². The molecular weight excluding hydrogens is 274 g/mol. The molecule has 0 bridgehead atoms. The monoisotopic (exact) mass is 289 g/mol. The van der Waals surface area contributed by atoms with Crippen LogP contribution < -0.4 is 5.73 Å². The van der Waals surface area contributed by atoms with Crippen LogP contribution in [0, 0.1) is 13.8 Å². The van der Waals surface area contributed by atoms with Crippen LogP contribution in [0.2, 0.25) is 0 Å². The molecule has 17 heavy (non-hydrogen) atoms. The van der Waals surface area contributed by atoms with Crippen molar-refractivity contribution < 1.29 is 0 Å². The zero-order valence-corrected chi connectivity index (χ0v) is 11.7. The zero-order chi connectivity index (χ0) is 12.4. The molecule has 2 aromatic carbocycles. The maximum Gasteiger partial charge on any atom is 0.0562 e. The molecule has 1 nitrogen and oxygen atoms in total. The maximum atomic E-state index is 6.31. The maximum absolute atomic E-state index is 6.31. The standard InChI is InChI=1S/C15H16BrN/c1-10-4-3-5-12(8-10)15(17)13-7-6-11(2)9-14(13)16/h3-9,15H,17H2,1-2H3. The molecule has 0 aliphatic carbocycles. The molecule has 0 saturated carbocycles. The van der Waals surface area contributed by atoms with E-state index >= 15 is 0 Å². The van der Waals surface area contributed by atoms with Crippen LogP contribution in [0.25, 0.3) is 0 Å². The Bertz CT molecular complexity index is 534. The third-order valence-electron chi connectivity index (χ3n) is 2.89. The Morgan fingerprint density at radius 2 is 1.71 bits per heavy atom. The molecule has 2 N–H and O–H groups in total.